The molecule has 2 aromatic carbocycles. The summed E-state index contributed by atoms with van der Waals surface area (Å²) in [5.74, 6) is -0.229. The van der Waals surface area contributed by atoms with Gasteiger partial charge >= 0.3 is 5.97 Å². The zero-order valence-electron chi connectivity index (χ0n) is 9.84. The van der Waals surface area contributed by atoms with Crippen LogP contribution < -0.4 is 4.74 Å². The quantitative estimate of drug-likeness (QED) is 0.899. The molecule has 0 aromatic heterocycles. The maximum atomic E-state index is 10.8. The Morgan fingerprint density at radius 2 is 1.89 bits per heavy atom. The molecule has 19 heavy (non-hydrogen) atoms. The zero-order chi connectivity index (χ0) is 13.8. The van der Waals surface area contributed by atoms with Gasteiger partial charge in [-0.2, -0.15) is 0 Å². The Morgan fingerprint density at radius 1 is 1.16 bits per heavy atom. The molecule has 4 nitrogen and oxygen atoms in total. The summed E-state index contributed by atoms with van der Waals surface area (Å²) in [7, 11) is 0. The Morgan fingerprint density at radius 3 is 2.58 bits per heavy atom. The van der Waals surface area contributed by atoms with Gasteiger partial charge in [0, 0.05) is 5.56 Å². The molecule has 2 aromatic rings. The summed E-state index contributed by atoms with van der Waals surface area (Å²) >= 11 is 5.97. The van der Waals surface area contributed by atoms with E-state index in [9.17, 15) is 9.90 Å². The Hall–Kier alpha value is -2.20. The van der Waals surface area contributed by atoms with Gasteiger partial charge in [0.1, 0.15) is 17.2 Å². The fraction of sp³-hybridized carbons (Fsp3) is 0.0714. The molecule has 5 heteroatoms. The Labute approximate surface area is 114 Å². The minimum atomic E-state index is -1.00. The van der Waals surface area contributed by atoms with E-state index in [1.807, 2.05) is 0 Å². The second kappa shape index (κ2) is 5.63. The van der Waals surface area contributed by atoms with Crippen molar-refractivity contribution in [1.82, 2.24) is 0 Å². The summed E-state index contributed by atoms with van der Waals surface area (Å²) in [5, 5.41) is 18.7. The van der Waals surface area contributed by atoms with Crippen LogP contribution in [0.5, 0.6) is 17.2 Å². The third kappa shape index (κ3) is 3.39. The van der Waals surface area contributed by atoms with Crippen LogP contribution in [0.1, 0.15) is 5.56 Å². The molecule has 0 bridgehead atoms. The van der Waals surface area contributed by atoms with Crippen molar-refractivity contribution in [3.63, 3.8) is 0 Å². The average Bonchev–Trinajstić information content (AvgIpc) is 2.34. The van der Waals surface area contributed by atoms with E-state index in [1.165, 1.54) is 18.2 Å². The molecule has 0 radical (unpaired) electrons. The maximum Gasteiger partial charge on any atom is 0.307 e. The van der Waals surface area contributed by atoms with Gasteiger partial charge < -0.3 is 14.9 Å². The van der Waals surface area contributed by atoms with Gasteiger partial charge in [0.05, 0.1) is 11.4 Å². The highest BCUT2D eigenvalue weighted by atomic mass is 35.5. The zero-order valence-corrected chi connectivity index (χ0v) is 10.6. The molecule has 0 unspecified atom stereocenters. The fourth-order valence-corrected chi connectivity index (χ4v) is 1.79. The predicted molar refractivity (Wildman–Crippen MR) is 71.0 cm³/mol. The second-order valence-electron chi connectivity index (χ2n) is 3.90. The first-order valence-electron chi connectivity index (χ1n) is 5.52. The first-order valence-corrected chi connectivity index (χ1v) is 5.90. The van der Waals surface area contributed by atoms with Crippen LogP contribution in [0.4, 0.5) is 0 Å². The topological polar surface area (TPSA) is 66.8 Å². The lowest BCUT2D eigenvalue weighted by Gasteiger charge is -2.11. The Balaban J connectivity index is 2.34. The van der Waals surface area contributed by atoms with E-state index < -0.39 is 5.97 Å². The van der Waals surface area contributed by atoms with Gasteiger partial charge in [0.15, 0.2) is 0 Å². The van der Waals surface area contributed by atoms with E-state index in [1.54, 1.807) is 24.3 Å². The number of para-hydroxylation sites is 1. The molecule has 0 saturated carbocycles. The van der Waals surface area contributed by atoms with Crippen LogP contribution in [0.15, 0.2) is 42.5 Å². The molecular formula is C14H11ClO4. The highest BCUT2D eigenvalue weighted by Crippen LogP contribution is 2.32. The molecule has 98 valence electrons. The number of rotatable bonds is 4. The van der Waals surface area contributed by atoms with Gasteiger partial charge in [-0.3, -0.25) is 4.79 Å². The average molecular weight is 279 g/mol. The number of aliphatic carboxylic acids is 1. The predicted octanol–water partition coefficient (Wildman–Crippen LogP) is 3.47. The number of carboxylic acids is 1. The van der Waals surface area contributed by atoms with Crippen molar-refractivity contribution in [3.05, 3.63) is 53.1 Å². The number of hydrogen-bond acceptors (Lipinski definition) is 3. The standard InChI is InChI=1S/C14H11ClO4/c15-11-3-1-2-4-13(11)19-12-6-5-10(16)7-9(12)8-14(17)18/h1-7,16H,8H2,(H,17,18). The summed E-state index contributed by atoms with van der Waals surface area (Å²) in [6.45, 7) is 0. The first-order chi connectivity index (χ1) is 9.06. The minimum Gasteiger partial charge on any atom is -0.508 e. The monoisotopic (exact) mass is 278 g/mol. The van der Waals surface area contributed by atoms with Gasteiger partial charge in [0.2, 0.25) is 0 Å². The Bertz CT molecular complexity index is 610. The molecule has 0 amide bonds. The van der Waals surface area contributed by atoms with Gasteiger partial charge in [-0.25, -0.2) is 0 Å². The molecule has 2 rings (SSSR count). The molecule has 2 N–H and O–H groups in total. The maximum absolute atomic E-state index is 10.8. The number of phenolic OH excluding ortho intramolecular Hbond substituents is 1. The van der Waals surface area contributed by atoms with E-state index in [4.69, 9.17) is 21.4 Å². The molecule has 0 spiro atoms. The number of carbonyl (C=O) groups is 1. The smallest absolute Gasteiger partial charge is 0.307 e. The van der Waals surface area contributed by atoms with Crippen LogP contribution in [0.25, 0.3) is 0 Å². The molecule has 0 saturated heterocycles. The van der Waals surface area contributed by atoms with Crippen LogP contribution in [-0.2, 0) is 11.2 Å². The number of halogens is 1. The third-order valence-corrected chi connectivity index (χ3v) is 2.75. The second-order valence-corrected chi connectivity index (χ2v) is 4.30. The van der Waals surface area contributed by atoms with Crippen molar-refractivity contribution in [2.24, 2.45) is 0 Å². The molecule has 0 atom stereocenters. The van der Waals surface area contributed by atoms with Crippen molar-refractivity contribution in [2.45, 2.75) is 6.42 Å². The summed E-state index contributed by atoms with van der Waals surface area (Å²) in [6, 6.07) is 11.2. The highest BCUT2D eigenvalue weighted by molar-refractivity contribution is 6.32. The molecule has 0 aliphatic rings. The molecular weight excluding hydrogens is 268 g/mol. The number of hydrogen-bond donors (Lipinski definition) is 2. The Kier molecular flexibility index (Phi) is 3.92. The number of aromatic hydroxyl groups is 1. The van der Waals surface area contributed by atoms with Crippen molar-refractivity contribution < 1.29 is 19.7 Å². The van der Waals surface area contributed by atoms with E-state index in [-0.39, 0.29) is 12.2 Å². The number of carboxylic acid groups (broad SMARTS) is 1. The van der Waals surface area contributed by atoms with Gasteiger partial charge in [0.25, 0.3) is 0 Å². The highest BCUT2D eigenvalue weighted by Gasteiger charge is 2.11. The van der Waals surface area contributed by atoms with E-state index >= 15 is 0 Å². The minimum absolute atomic E-state index is 0.0113. The van der Waals surface area contributed by atoms with Crippen LogP contribution in [0.2, 0.25) is 5.02 Å². The van der Waals surface area contributed by atoms with Crippen LogP contribution >= 0.6 is 11.6 Å². The van der Waals surface area contributed by atoms with Crippen LogP contribution in [0, 0.1) is 0 Å². The lowest BCUT2D eigenvalue weighted by molar-refractivity contribution is -0.136. The lowest BCUT2D eigenvalue weighted by atomic mass is 10.1. The van der Waals surface area contributed by atoms with Gasteiger partial charge in [-0.05, 0) is 30.3 Å². The largest absolute Gasteiger partial charge is 0.508 e. The van der Waals surface area contributed by atoms with E-state index in [2.05, 4.69) is 0 Å². The van der Waals surface area contributed by atoms with Gasteiger partial charge in [-0.15, -0.1) is 0 Å². The van der Waals surface area contributed by atoms with Gasteiger partial charge in [-0.1, -0.05) is 23.7 Å². The molecule has 0 heterocycles. The number of ether oxygens (including phenoxy) is 1. The van der Waals surface area contributed by atoms with Crippen LogP contribution in [-0.4, -0.2) is 16.2 Å². The third-order valence-electron chi connectivity index (χ3n) is 2.44. The van der Waals surface area contributed by atoms with Crippen molar-refractivity contribution in [1.29, 1.82) is 0 Å². The summed E-state index contributed by atoms with van der Waals surface area (Å²) in [5.41, 5.74) is 0.382. The molecule has 0 aliphatic heterocycles. The van der Waals surface area contributed by atoms with E-state index in [0.29, 0.717) is 22.1 Å². The summed E-state index contributed by atoms with van der Waals surface area (Å²) in [6.07, 6.45) is -0.242. The van der Waals surface area contributed by atoms with Crippen molar-refractivity contribution in [3.8, 4) is 17.2 Å². The first kappa shape index (κ1) is 13.2. The van der Waals surface area contributed by atoms with Crippen molar-refractivity contribution >= 4 is 17.6 Å². The lowest BCUT2D eigenvalue weighted by Crippen LogP contribution is -2.02. The molecule has 0 aliphatic carbocycles. The number of benzene rings is 2. The fourth-order valence-electron chi connectivity index (χ4n) is 1.61. The van der Waals surface area contributed by atoms with Crippen LogP contribution in [0.3, 0.4) is 0 Å². The normalized spacial score (nSPS) is 10.2. The summed E-state index contributed by atoms with van der Waals surface area (Å²) < 4.78 is 5.59. The van der Waals surface area contributed by atoms with E-state index in [0.717, 1.165) is 0 Å². The number of phenols is 1. The molecule has 0 fully saturated rings. The van der Waals surface area contributed by atoms with Crippen molar-refractivity contribution in [2.75, 3.05) is 0 Å². The SMILES string of the molecule is O=C(O)Cc1cc(O)ccc1Oc1ccccc1Cl. The summed E-state index contributed by atoms with van der Waals surface area (Å²) in [4.78, 5) is 10.8.